The number of fused-ring (bicyclic) bond motifs is 1. The number of unbranched alkanes of at least 4 members (excludes halogenated alkanes) is 1. The second-order valence-electron chi connectivity index (χ2n) is 7.48. The van der Waals surface area contributed by atoms with Gasteiger partial charge in [0.1, 0.15) is 11.4 Å². The molecule has 2 aromatic rings. The van der Waals surface area contributed by atoms with Gasteiger partial charge >= 0.3 is 0 Å². The summed E-state index contributed by atoms with van der Waals surface area (Å²) in [5.41, 5.74) is 10.8. The highest BCUT2D eigenvalue weighted by Gasteiger charge is 2.24. The quantitative estimate of drug-likeness (QED) is 0.264. The summed E-state index contributed by atoms with van der Waals surface area (Å²) in [5.74, 6) is -0.104. The van der Waals surface area contributed by atoms with Gasteiger partial charge in [-0.25, -0.2) is 0 Å². The number of aromatic hydroxyl groups is 1. The second kappa shape index (κ2) is 9.98. The zero-order valence-corrected chi connectivity index (χ0v) is 19.3. The molecule has 1 heterocycles. The first kappa shape index (κ1) is 22.8. The molecule has 7 nitrogen and oxygen atoms in total. The van der Waals surface area contributed by atoms with Crippen LogP contribution in [0.15, 0.2) is 47.4 Å². The van der Waals surface area contributed by atoms with Gasteiger partial charge in [-0.15, -0.1) is 0 Å². The molecule has 1 aliphatic heterocycles. The average molecular weight is 443 g/mol. The Balaban J connectivity index is 1.78. The lowest BCUT2D eigenvalue weighted by molar-refractivity contribution is -0.115. The maximum Gasteiger partial charge on any atom is 0.253 e. The fourth-order valence-corrected chi connectivity index (χ4v) is 3.89. The molecule has 0 spiro atoms. The molecular weight excluding hydrogens is 412 g/mol. The van der Waals surface area contributed by atoms with Crippen molar-refractivity contribution in [3.8, 4) is 5.75 Å². The van der Waals surface area contributed by atoms with Gasteiger partial charge in [-0.05, 0) is 57.0 Å². The number of nitrogens with one attached hydrogen (secondary N) is 2. The molecule has 31 heavy (non-hydrogen) atoms. The normalized spacial score (nSPS) is 12.2. The van der Waals surface area contributed by atoms with Gasteiger partial charge in [-0.2, -0.15) is 5.12 Å². The van der Waals surface area contributed by atoms with Crippen LogP contribution in [-0.4, -0.2) is 24.2 Å². The van der Waals surface area contributed by atoms with Crippen molar-refractivity contribution in [2.24, 2.45) is 0 Å². The van der Waals surface area contributed by atoms with E-state index < -0.39 is 0 Å². The van der Waals surface area contributed by atoms with Gasteiger partial charge in [0.05, 0.1) is 23.7 Å². The van der Waals surface area contributed by atoms with E-state index in [1.54, 1.807) is 23.0 Å². The molecule has 0 saturated heterocycles. The number of amides is 1. The lowest BCUT2D eigenvalue weighted by atomic mass is 10.1. The van der Waals surface area contributed by atoms with Crippen LogP contribution in [0.5, 0.6) is 5.75 Å². The molecule has 0 fully saturated rings. The summed E-state index contributed by atoms with van der Waals surface area (Å²) in [4.78, 5) is 15.1. The van der Waals surface area contributed by atoms with Gasteiger partial charge in [0.25, 0.3) is 5.91 Å². The number of hydrogen-bond acceptors (Lipinski definition) is 7. The Morgan fingerprint density at radius 2 is 1.97 bits per heavy atom. The first-order chi connectivity index (χ1) is 14.8. The van der Waals surface area contributed by atoms with Crippen molar-refractivity contribution >= 4 is 40.7 Å². The predicted octanol–water partition coefficient (Wildman–Crippen LogP) is 5.63. The Kier molecular flexibility index (Phi) is 7.35. The number of rotatable bonds is 9. The number of phenolic OH excluding ortho intramolecular Hbond substituents is 1. The summed E-state index contributed by atoms with van der Waals surface area (Å²) in [6.07, 6.45) is 2.14. The lowest BCUT2D eigenvalue weighted by Crippen LogP contribution is -2.32. The third-order valence-corrected chi connectivity index (χ3v) is 5.67. The molecular formula is C23H30N4O3S. The minimum Gasteiger partial charge on any atom is -0.506 e. The highest BCUT2D eigenvalue weighted by Crippen LogP contribution is 2.40. The highest BCUT2D eigenvalue weighted by atomic mass is 32.2. The third kappa shape index (κ3) is 5.08. The fourth-order valence-electron chi connectivity index (χ4n) is 3.26. The van der Waals surface area contributed by atoms with E-state index in [9.17, 15) is 9.90 Å². The first-order valence-corrected chi connectivity index (χ1v) is 11.2. The van der Waals surface area contributed by atoms with Crippen LogP contribution in [0.2, 0.25) is 0 Å². The Bertz CT molecular complexity index is 980. The van der Waals surface area contributed by atoms with Crippen LogP contribution in [0.3, 0.4) is 0 Å². The first-order valence-electron chi connectivity index (χ1n) is 10.4. The number of aryl methyl sites for hydroxylation is 1. The Morgan fingerprint density at radius 1 is 1.23 bits per heavy atom. The van der Waals surface area contributed by atoms with Crippen molar-refractivity contribution in [1.82, 2.24) is 0 Å². The highest BCUT2D eigenvalue weighted by molar-refractivity contribution is 7.94. The van der Waals surface area contributed by atoms with Crippen molar-refractivity contribution < 1.29 is 14.1 Å². The van der Waals surface area contributed by atoms with Crippen molar-refractivity contribution in [2.45, 2.75) is 45.4 Å². The number of hydrazine groups is 2. The number of hydrogen-bond donors (Lipinski definition) is 3. The van der Waals surface area contributed by atoms with E-state index in [0.717, 1.165) is 41.3 Å². The summed E-state index contributed by atoms with van der Waals surface area (Å²) in [5, 5.41) is 12.4. The minimum atomic E-state index is -0.159. The number of anilines is 4. The van der Waals surface area contributed by atoms with Gasteiger partial charge in [-0.1, -0.05) is 19.9 Å². The molecule has 0 saturated carbocycles. The minimum absolute atomic E-state index is 0.0545. The van der Waals surface area contributed by atoms with Crippen LogP contribution in [0.25, 0.3) is 0 Å². The molecule has 8 heteroatoms. The van der Waals surface area contributed by atoms with Crippen LogP contribution >= 0.6 is 12.0 Å². The molecule has 0 aliphatic carbocycles. The molecule has 3 rings (SSSR count). The molecule has 0 aromatic heterocycles. The smallest absolute Gasteiger partial charge is 0.253 e. The van der Waals surface area contributed by atoms with E-state index in [4.69, 9.17) is 4.18 Å². The summed E-state index contributed by atoms with van der Waals surface area (Å²) in [6.45, 7) is 12.6. The summed E-state index contributed by atoms with van der Waals surface area (Å²) in [7, 11) is 0. The number of carbonyl (C=O) groups is 1. The Hall–Kier alpha value is -2.84. The third-order valence-electron chi connectivity index (χ3n) is 4.94. The number of carbonyl (C=O) groups excluding carboxylic acids is 1. The van der Waals surface area contributed by atoms with Gasteiger partial charge in [-0.3, -0.25) is 15.6 Å². The van der Waals surface area contributed by atoms with Crippen molar-refractivity contribution in [1.29, 1.82) is 0 Å². The van der Waals surface area contributed by atoms with Gasteiger partial charge in [0.15, 0.2) is 0 Å². The fraction of sp³-hybridized carbons (Fsp3) is 0.348. The van der Waals surface area contributed by atoms with E-state index in [-0.39, 0.29) is 11.7 Å². The number of nitrogens with zero attached hydrogens (tertiary/aromatic N) is 2. The van der Waals surface area contributed by atoms with Crippen LogP contribution in [0.1, 0.15) is 39.2 Å². The summed E-state index contributed by atoms with van der Waals surface area (Å²) < 4.78 is 5.62. The maximum absolute atomic E-state index is 12.5. The van der Waals surface area contributed by atoms with Gasteiger partial charge in [0, 0.05) is 35.1 Å². The molecule has 0 atom stereocenters. The molecule has 0 bridgehead atoms. The van der Waals surface area contributed by atoms with Crippen LogP contribution in [0, 0.1) is 6.92 Å². The van der Waals surface area contributed by atoms with Gasteiger partial charge < -0.3 is 14.2 Å². The molecule has 1 aliphatic rings. The van der Waals surface area contributed by atoms with E-state index in [1.807, 2.05) is 38.1 Å². The zero-order valence-electron chi connectivity index (χ0n) is 18.5. The maximum atomic E-state index is 12.5. The zero-order chi connectivity index (χ0) is 22.5. The van der Waals surface area contributed by atoms with Gasteiger partial charge in [0.2, 0.25) is 0 Å². The van der Waals surface area contributed by atoms with Crippen molar-refractivity contribution in [2.75, 3.05) is 34.0 Å². The summed E-state index contributed by atoms with van der Waals surface area (Å²) in [6, 6.07) is 9.42. The number of phenols is 1. The van der Waals surface area contributed by atoms with E-state index in [2.05, 4.69) is 24.4 Å². The average Bonchev–Trinajstić information content (AvgIpc) is 3.16. The van der Waals surface area contributed by atoms with Crippen LogP contribution in [0.4, 0.5) is 22.7 Å². The Morgan fingerprint density at radius 3 is 2.65 bits per heavy atom. The molecule has 166 valence electrons. The lowest BCUT2D eigenvalue weighted by Gasteiger charge is -2.26. The predicted molar refractivity (Wildman–Crippen MR) is 129 cm³/mol. The second-order valence-corrected chi connectivity index (χ2v) is 8.36. The van der Waals surface area contributed by atoms with E-state index in [0.29, 0.717) is 23.5 Å². The molecule has 1 amide bonds. The van der Waals surface area contributed by atoms with Crippen molar-refractivity contribution in [3.05, 3.63) is 48.0 Å². The topological polar surface area (TPSA) is 77.1 Å². The Labute approximate surface area is 188 Å². The van der Waals surface area contributed by atoms with E-state index in [1.165, 1.54) is 12.0 Å². The van der Waals surface area contributed by atoms with Crippen molar-refractivity contribution in [3.63, 3.8) is 0 Å². The molecule has 0 unspecified atom stereocenters. The SMILES string of the molecule is C=C(C)C(=O)N(CC)c1cc(O)c(N2Nc3ccc(SOCCCC)cc3N2)cc1C. The number of benzene rings is 2. The van der Waals surface area contributed by atoms with E-state index >= 15 is 0 Å². The summed E-state index contributed by atoms with van der Waals surface area (Å²) >= 11 is 1.36. The molecule has 3 N–H and O–H groups in total. The largest absolute Gasteiger partial charge is 0.506 e. The van der Waals surface area contributed by atoms with Crippen LogP contribution in [-0.2, 0) is 8.98 Å². The standard InChI is InChI=1S/C23H30N4O3S/c1-6-8-11-30-31-17-9-10-18-19(13-17)25-27(24-18)21-12-16(5)20(14-22(21)28)26(7-2)23(29)15(3)4/h9-10,12-14,24-25,28H,3,6-8,11H2,1-2,4-5H3. The molecule has 0 radical (unpaired) electrons. The number of likely N-dealkylation sites (N-methyl/N-ethyl adjacent to an activating group) is 1. The monoisotopic (exact) mass is 442 g/mol. The van der Waals surface area contributed by atoms with Crippen LogP contribution < -0.4 is 20.9 Å². The molecule has 2 aromatic carbocycles.